The Labute approximate surface area is 181 Å². The second-order valence-electron chi connectivity index (χ2n) is 8.59. The standard InChI is InChI=1S/C21H30FNO8/c1-20(2,3)30-18(25)23-14(17(24)28-8)9-12-10-15(27-7)16(11-13(12)22)29-19(26)31-21(4,5)6/h10-11,14H,9H2,1-8H3,(H,23,25)/t14-/m0/s1/i22-1. The van der Waals surface area contributed by atoms with Crippen LogP contribution in [0.4, 0.5) is 14.0 Å². The Balaban J connectivity index is 3.09. The molecule has 0 unspecified atom stereocenters. The van der Waals surface area contributed by atoms with E-state index in [0.29, 0.717) is 0 Å². The van der Waals surface area contributed by atoms with Gasteiger partial charge in [0.15, 0.2) is 11.5 Å². The molecule has 174 valence electrons. The van der Waals surface area contributed by atoms with E-state index in [1.165, 1.54) is 13.2 Å². The molecule has 1 amide bonds. The van der Waals surface area contributed by atoms with Crippen LogP contribution >= 0.6 is 0 Å². The largest absolute Gasteiger partial charge is 0.514 e. The lowest BCUT2D eigenvalue weighted by molar-refractivity contribution is -0.143. The second-order valence-corrected chi connectivity index (χ2v) is 8.59. The maximum atomic E-state index is 14.7. The van der Waals surface area contributed by atoms with Crippen LogP contribution in [0.3, 0.4) is 0 Å². The third kappa shape index (κ3) is 9.10. The van der Waals surface area contributed by atoms with E-state index in [4.69, 9.17) is 18.9 Å². The number of halogens is 1. The number of carbonyl (C=O) groups excluding carboxylic acids is 3. The lowest BCUT2D eigenvalue weighted by Gasteiger charge is -2.23. The minimum Gasteiger partial charge on any atom is -0.493 e. The summed E-state index contributed by atoms with van der Waals surface area (Å²) < 4.78 is 39.8. The molecule has 1 atom stereocenters. The first-order chi connectivity index (χ1) is 14.1. The fraction of sp³-hybridized carbons (Fsp3) is 0.571. The zero-order chi connectivity index (χ0) is 24.0. The highest BCUT2D eigenvalue weighted by Gasteiger charge is 2.28. The minimum atomic E-state index is -1.23. The lowest BCUT2D eigenvalue weighted by atomic mass is 10.0. The normalized spacial score (nSPS) is 12.4. The van der Waals surface area contributed by atoms with Gasteiger partial charge in [-0.25, -0.2) is 18.8 Å². The molecular formula is C21H30FNO8. The van der Waals surface area contributed by atoms with Crippen LogP contribution in [0.15, 0.2) is 12.1 Å². The third-order valence-corrected chi connectivity index (χ3v) is 3.52. The van der Waals surface area contributed by atoms with Crippen molar-refractivity contribution >= 4 is 18.2 Å². The highest BCUT2D eigenvalue weighted by Crippen LogP contribution is 2.31. The van der Waals surface area contributed by atoms with Crippen LogP contribution in [0, 0.1) is 5.82 Å². The lowest BCUT2D eigenvalue weighted by Crippen LogP contribution is -2.45. The summed E-state index contributed by atoms with van der Waals surface area (Å²) in [5.41, 5.74) is -1.58. The Morgan fingerprint density at radius 3 is 2.03 bits per heavy atom. The van der Waals surface area contributed by atoms with Crippen LogP contribution in [0.25, 0.3) is 0 Å². The van der Waals surface area contributed by atoms with Gasteiger partial charge in [-0.2, -0.15) is 0 Å². The molecule has 1 N–H and O–H groups in total. The molecule has 0 bridgehead atoms. The van der Waals surface area contributed by atoms with E-state index in [1.54, 1.807) is 41.5 Å². The second kappa shape index (κ2) is 10.3. The average Bonchev–Trinajstić information content (AvgIpc) is 2.59. The molecule has 9 nitrogen and oxygen atoms in total. The van der Waals surface area contributed by atoms with Crippen molar-refractivity contribution in [1.29, 1.82) is 0 Å². The maximum absolute atomic E-state index is 14.7. The van der Waals surface area contributed by atoms with Crippen molar-refractivity contribution in [3.8, 4) is 11.5 Å². The Hall–Kier alpha value is -3.04. The number of rotatable bonds is 6. The van der Waals surface area contributed by atoms with Crippen LogP contribution in [0.5, 0.6) is 11.5 Å². The summed E-state index contributed by atoms with van der Waals surface area (Å²) in [5, 5.41) is 2.36. The van der Waals surface area contributed by atoms with Gasteiger partial charge in [-0.15, -0.1) is 0 Å². The van der Waals surface area contributed by atoms with Gasteiger partial charge in [0.25, 0.3) is 0 Å². The molecule has 0 radical (unpaired) electrons. The Morgan fingerprint density at radius 2 is 1.55 bits per heavy atom. The van der Waals surface area contributed by atoms with E-state index in [0.717, 1.165) is 13.2 Å². The summed E-state index contributed by atoms with van der Waals surface area (Å²) in [5.74, 6) is -1.76. The first-order valence-corrected chi connectivity index (χ1v) is 9.49. The zero-order valence-corrected chi connectivity index (χ0v) is 19.1. The molecule has 0 heterocycles. The molecule has 0 aliphatic carbocycles. The van der Waals surface area contributed by atoms with Crippen molar-refractivity contribution in [3.05, 3.63) is 23.5 Å². The van der Waals surface area contributed by atoms with Gasteiger partial charge in [-0.1, -0.05) is 0 Å². The summed E-state index contributed by atoms with van der Waals surface area (Å²) in [6.45, 7) is 9.94. The van der Waals surface area contributed by atoms with Gasteiger partial charge < -0.3 is 29.0 Å². The fourth-order valence-electron chi connectivity index (χ4n) is 2.34. The molecule has 0 aromatic heterocycles. The average molecular weight is 442 g/mol. The molecule has 0 aliphatic heterocycles. The molecule has 1 rings (SSSR count). The number of methoxy groups -OCH3 is 2. The molecule has 0 aliphatic rings. The first kappa shape index (κ1) is 26.0. The van der Waals surface area contributed by atoms with Crippen molar-refractivity contribution in [3.63, 3.8) is 0 Å². The quantitative estimate of drug-likeness (QED) is 0.403. The maximum Gasteiger partial charge on any atom is 0.514 e. The van der Waals surface area contributed by atoms with Crippen molar-refractivity contribution in [1.82, 2.24) is 5.32 Å². The number of benzene rings is 1. The van der Waals surface area contributed by atoms with E-state index < -0.39 is 41.3 Å². The van der Waals surface area contributed by atoms with E-state index in [2.05, 4.69) is 10.1 Å². The molecule has 1 aromatic rings. The van der Waals surface area contributed by atoms with Crippen LogP contribution in [-0.2, 0) is 25.4 Å². The minimum absolute atomic E-state index is 0.0137. The van der Waals surface area contributed by atoms with Gasteiger partial charge in [0.2, 0.25) is 0 Å². The van der Waals surface area contributed by atoms with E-state index >= 15 is 0 Å². The van der Waals surface area contributed by atoms with Crippen molar-refractivity contribution < 1.29 is 42.5 Å². The van der Waals surface area contributed by atoms with Gasteiger partial charge in [0.05, 0.1) is 14.2 Å². The number of amides is 1. The smallest absolute Gasteiger partial charge is 0.493 e. The van der Waals surface area contributed by atoms with E-state index in [9.17, 15) is 18.8 Å². The monoisotopic (exact) mass is 442 g/mol. The first-order valence-electron chi connectivity index (χ1n) is 9.49. The van der Waals surface area contributed by atoms with Crippen molar-refractivity contribution in [2.45, 2.75) is 65.2 Å². The molecular weight excluding hydrogens is 412 g/mol. The number of hydrogen-bond donors (Lipinski definition) is 1. The highest BCUT2D eigenvalue weighted by molar-refractivity contribution is 5.81. The zero-order valence-electron chi connectivity index (χ0n) is 19.1. The SMILES string of the molecule is COC(=O)[C@H](Cc1cc(OC)c(OC(=O)OC(C)(C)C)cc1[18F])NC(=O)OC(C)(C)C. The molecule has 0 spiro atoms. The number of ether oxygens (including phenoxy) is 5. The van der Waals surface area contributed by atoms with Crippen LogP contribution < -0.4 is 14.8 Å². The van der Waals surface area contributed by atoms with Gasteiger partial charge in [0, 0.05) is 12.5 Å². The van der Waals surface area contributed by atoms with Crippen molar-refractivity contribution in [2.24, 2.45) is 0 Å². The molecule has 0 saturated heterocycles. The van der Waals surface area contributed by atoms with Crippen molar-refractivity contribution in [2.75, 3.05) is 14.2 Å². The summed E-state index contributed by atoms with van der Waals surface area (Å²) >= 11 is 0. The fourth-order valence-corrected chi connectivity index (χ4v) is 2.34. The molecule has 10 heteroatoms. The number of carbonyl (C=O) groups is 3. The molecule has 0 saturated carbocycles. The highest BCUT2D eigenvalue weighted by atomic mass is 18.2. The summed E-state index contributed by atoms with van der Waals surface area (Å²) in [4.78, 5) is 36.0. The predicted molar refractivity (Wildman–Crippen MR) is 109 cm³/mol. The van der Waals surface area contributed by atoms with Gasteiger partial charge >= 0.3 is 18.2 Å². The number of nitrogens with one attached hydrogen (secondary N) is 1. The number of hydrogen-bond acceptors (Lipinski definition) is 8. The van der Waals surface area contributed by atoms with Gasteiger partial charge in [-0.3, -0.25) is 0 Å². The Kier molecular flexibility index (Phi) is 8.65. The third-order valence-electron chi connectivity index (χ3n) is 3.52. The Bertz CT molecular complexity index is 811. The van der Waals surface area contributed by atoms with E-state index in [1.807, 2.05) is 0 Å². The number of esters is 1. The van der Waals surface area contributed by atoms with E-state index in [-0.39, 0.29) is 23.5 Å². The summed E-state index contributed by atoms with van der Waals surface area (Å²) in [6, 6.07) is 0.957. The molecule has 31 heavy (non-hydrogen) atoms. The van der Waals surface area contributed by atoms with Gasteiger partial charge in [0.1, 0.15) is 23.1 Å². The molecule has 0 fully saturated rings. The Morgan fingerprint density at radius 1 is 0.968 bits per heavy atom. The van der Waals surface area contributed by atoms with Gasteiger partial charge in [-0.05, 0) is 53.2 Å². The van der Waals surface area contributed by atoms with Crippen LogP contribution in [0.2, 0.25) is 0 Å². The number of alkyl carbamates (subject to hydrolysis) is 1. The predicted octanol–water partition coefficient (Wildman–Crippen LogP) is 3.76. The molecule has 1 aromatic carbocycles. The summed E-state index contributed by atoms with van der Waals surface area (Å²) in [6.07, 6.45) is -2.15. The summed E-state index contributed by atoms with van der Waals surface area (Å²) in [7, 11) is 2.44. The topological polar surface area (TPSA) is 109 Å². The van der Waals surface area contributed by atoms with Crippen LogP contribution in [0.1, 0.15) is 47.1 Å². The van der Waals surface area contributed by atoms with Crippen LogP contribution in [-0.4, -0.2) is 49.7 Å².